The summed E-state index contributed by atoms with van der Waals surface area (Å²) in [5.41, 5.74) is 6.65. The Bertz CT molecular complexity index is 560. The lowest BCUT2D eigenvalue weighted by atomic mass is 10.1. The van der Waals surface area contributed by atoms with E-state index in [1.165, 1.54) is 0 Å². The number of nitriles is 1. The molecule has 0 radical (unpaired) electrons. The molecular weight excluding hydrogens is 272 g/mol. The number of nitrogens with zero attached hydrogens (tertiary/aromatic N) is 1. The van der Waals surface area contributed by atoms with Crippen LogP contribution in [0.4, 0.5) is 5.69 Å². The van der Waals surface area contributed by atoms with Crippen LogP contribution in [0.5, 0.6) is 0 Å². The van der Waals surface area contributed by atoms with Gasteiger partial charge in [0, 0.05) is 14.8 Å². The van der Waals surface area contributed by atoms with Gasteiger partial charge in [0.2, 0.25) is 0 Å². The Morgan fingerprint density at radius 3 is 2.60 bits per heavy atom. The molecule has 0 bridgehead atoms. The molecule has 0 heterocycles. The summed E-state index contributed by atoms with van der Waals surface area (Å²) in [5.74, 6) is 0. The second-order valence-corrected chi connectivity index (χ2v) is 4.69. The van der Waals surface area contributed by atoms with Crippen molar-refractivity contribution in [3.05, 3.63) is 34.8 Å². The zero-order valence-electron chi connectivity index (χ0n) is 7.70. The first kappa shape index (κ1) is 10.3. The summed E-state index contributed by atoms with van der Waals surface area (Å²) >= 11 is 4.56. The number of benzene rings is 2. The summed E-state index contributed by atoms with van der Waals surface area (Å²) in [4.78, 5) is 0.795. The fourth-order valence-electron chi connectivity index (χ4n) is 1.46. The zero-order chi connectivity index (χ0) is 10.8. The molecule has 2 N–H and O–H groups in total. The van der Waals surface area contributed by atoms with E-state index in [-0.39, 0.29) is 0 Å². The normalized spacial score (nSPS) is 10.1. The summed E-state index contributed by atoms with van der Waals surface area (Å²) in [6.45, 7) is 0. The average molecular weight is 279 g/mol. The monoisotopic (exact) mass is 278 g/mol. The highest BCUT2D eigenvalue weighted by Crippen LogP contribution is 2.36. The van der Waals surface area contributed by atoms with Crippen molar-refractivity contribution in [2.24, 2.45) is 0 Å². The van der Waals surface area contributed by atoms with Crippen LogP contribution in [0, 0.1) is 10.7 Å². The molecule has 2 rings (SSSR count). The smallest absolute Gasteiger partial charge is 0.138 e. The van der Waals surface area contributed by atoms with Gasteiger partial charge in [-0.2, -0.15) is 5.26 Å². The molecular formula is C11H7BrN2S. The van der Waals surface area contributed by atoms with Gasteiger partial charge in [-0.05, 0) is 23.2 Å². The number of nitrogens with two attached hydrogens (primary N) is 1. The molecule has 0 fully saturated rings. The van der Waals surface area contributed by atoms with Gasteiger partial charge in [-0.1, -0.05) is 40.2 Å². The van der Waals surface area contributed by atoms with Crippen molar-refractivity contribution < 1.29 is 0 Å². The molecule has 0 aromatic heterocycles. The Balaban J connectivity index is 2.79. The van der Waals surface area contributed by atoms with Gasteiger partial charge < -0.3 is 5.73 Å². The Labute approximate surface area is 100 Å². The highest BCUT2D eigenvalue weighted by Gasteiger charge is 2.07. The summed E-state index contributed by atoms with van der Waals surface area (Å²) in [6.07, 6.45) is 0. The van der Waals surface area contributed by atoms with E-state index >= 15 is 0 Å². The molecule has 0 spiro atoms. The highest BCUT2D eigenvalue weighted by atomic mass is 79.9. The molecule has 0 aliphatic heterocycles. The van der Waals surface area contributed by atoms with Gasteiger partial charge in [0.1, 0.15) is 5.40 Å². The number of thioether (sulfide) groups is 1. The molecule has 0 aliphatic carbocycles. The van der Waals surface area contributed by atoms with E-state index in [1.807, 2.05) is 35.7 Å². The zero-order valence-corrected chi connectivity index (χ0v) is 10.1. The van der Waals surface area contributed by atoms with Crippen LogP contribution in [0.25, 0.3) is 10.8 Å². The van der Waals surface area contributed by atoms with Crippen molar-refractivity contribution >= 4 is 44.2 Å². The number of rotatable bonds is 1. The Morgan fingerprint density at radius 1 is 1.27 bits per heavy atom. The average Bonchev–Trinajstić information content (AvgIpc) is 2.26. The van der Waals surface area contributed by atoms with Gasteiger partial charge in [-0.3, -0.25) is 0 Å². The number of fused-ring (bicyclic) bond motifs is 1. The molecule has 0 unspecified atom stereocenters. The molecule has 0 atom stereocenters. The summed E-state index contributed by atoms with van der Waals surface area (Å²) in [5, 5.41) is 12.7. The fraction of sp³-hybridized carbons (Fsp3) is 0. The largest absolute Gasteiger partial charge is 0.397 e. The van der Waals surface area contributed by atoms with E-state index in [9.17, 15) is 0 Å². The maximum Gasteiger partial charge on any atom is 0.138 e. The van der Waals surface area contributed by atoms with Crippen LogP contribution in [-0.4, -0.2) is 0 Å². The van der Waals surface area contributed by atoms with Crippen LogP contribution in [-0.2, 0) is 0 Å². The van der Waals surface area contributed by atoms with Crippen LogP contribution in [0.3, 0.4) is 0 Å². The van der Waals surface area contributed by atoms with E-state index in [2.05, 4.69) is 15.9 Å². The van der Waals surface area contributed by atoms with Gasteiger partial charge in [0.15, 0.2) is 0 Å². The minimum atomic E-state index is 0.667. The number of anilines is 1. The molecule has 0 aliphatic rings. The molecule has 4 heteroatoms. The van der Waals surface area contributed by atoms with Gasteiger partial charge >= 0.3 is 0 Å². The van der Waals surface area contributed by atoms with Gasteiger partial charge in [-0.25, -0.2) is 0 Å². The predicted molar refractivity (Wildman–Crippen MR) is 67.5 cm³/mol. The second kappa shape index (κ2) is 4.13. The standard InChI is InChI=1S/C11H7BrN2S/c12-9-5-10(15-6-13)11(14)8-4-2-1-3-7(8)9/h1-5H,14H2. The highest BCUT2D eigenvalue weighted by molar-refractivity contribution is 9.10. The van der Waals surface area contributed by atoms with Crippen molar-refractivity contribution in [1.82, 2.24) is 0 Å². The molecule has 2 nitrogen and oxygen atoms in total. The first-order chi connectivity index (χ1) is 7.24. The van der Waals surface area contributed by atoms with Crippen molar-refractivity contribution in [2.75, 3.05) is 5.73 Å². The van der Waals surface area contributed by atoms with E-state index in [0.29, 0.717) is 5.69 Å². The molecule has 15 heavy (non-hydrogen) atoms. The number of hydrogen-bond acceptors (Lipinski definition) is 3. The molecule has 2 aromatic carbocycles. The number of hydrogen-bond donors (Lipinski definition) is 1. The predicted octanol–water partition coefficient (Wildman–Crippen LogP) is 3.76. The Hall–Kier alpha value is -1.18. The molecule has 0 amide bonds. The van der Waals surface area contributed by atoms with Crippen LogP contribution in [0.2, 0.25) is 0 Å². The van der Waals surface area contributed by atoms with Crippen molar-refractivity contribution in [2.45, 2.75) is 4.90 Å². The van der Waals surface area contributed by atoms with E-state index in [4.69, 9.17) is 11.0 Å². The maximum absolute atomic E-state index is 8.65. The van der Waals surface area contributed by atoms with Crippen LogP contribution in [0.15, 0.2) is 39.7 Å². The molecule has 2 aromatic rings. The lowest BCUT2D eigenvalue weighted by Gasteiger charge is -2.07. The third kappa shape index (κ3) is 1.81. The first-order valence-electron chi connectivity index (χ1n) is 4.26. The lowest BCUT2D eigenvalue weighted by Crippen LogP contribution is -1.90. The van der Waals surface area contributed by atoms with Crippen molar-refractivity contribution in [3.63, 3.8) is 0 Å². The van der Waals surface area contributed by atoms with Crippen molar-refractivity contribution in [3.8, 4) is 5.40 Å². The molecule has 74 valence electrons. The first-order valence-corrected chi connectivity index (χ1v) is 5.87. The SMILES string of the molecule is N#CSc1cc(Br)c2ccccc2c1N. The van der Waals surface area contributed by atoms with Gasteiger partial charge in [0.25, 0.3) is 0 Å². The Kier molecular flexibility index (Phi) is 2.85. The quantitative estimate of drug-likeness (QED) is 0.491. The van der Waals surface area contributed by atoms with Crippen LogP contribution in [0.1, 0.15) is 0 Å². The third-order valence-electron chi connectivity index (χ3n) is 2.15. The third-order valence-corrected chi connectivity index (χ3v) is 3.46. The van der Waals surface area contributed by atoms with Gasteiger partial charge in [0.05, 0.1) is 5.69 Å². The molecule has 0 saturated carbocycles. The van der Waals surface area contributed by atoms with E-state index in [1.54, 1.807) is 0 Å². The Morgan fingerprint density at radius 2 is 1.93 bits per heavy atom. The number of nitrogen functional groups attached to an aromatic ring is 1. The maximum atomic E-state index is 8.65. The molecule has 0 saturated heterocycles. The minimum Gasteiger partial charge on any atom is -0.397 e. The second-order valence-electron chi connectivity index (χ2n) is 3.01. The van der Waals surface area contributed by atoms with E-state index < -0.39 is 0 Å². The summed E-state index contributed by atoms with van der Waals surface area (Å²) < 4.78 is 0.963. The van der Waals surface area contributed by atoms with Gasteiger partial charge in [-0.15, -0.1) is 0 Å². The van der Waals surface area contributed by atoms with Crippen molar-refractivity contribution in [1.29, 1.82) is 5.26 Å². The van der Waals surface area contributed by atoms with Crippen LogP contribution >= 0.6 is 27.7 Å². The minimum absolute atomic E-state index is 0.667. The number of halogens is 1. The lowest BCUT2D eigenvalue weighted by molar-refractivity contribution is 1.48. The number of thiocyanates is 1. The van der Waals surface area contributed by atoms with Crippen LogP contribution < -0.4 is 5.73 Å². The fourth-order valence-corrected chi connectivity index (χ4v) is 2.68. The summed E-state index contributed by atoms with van der Waals surface area (Å²) in [6, 6.07) is 9.73. The summed E-state index contributed by atoms with van der Waals surface area (Å²) in [7, 11) is 0. The van der Waals surface area contributed by atoms with E-state index in [0.717, 1.165) is 31.9 Å². The topological polar surface area (TPSA) is 49.8 Å².